The Kier molecular flexibility index (Phi) is 3.96. The van der Waals surface area contributed by atoms with Crippen LogP contribution in [0.2, 0.25) is 0 Å². The van der Waals surface area contributed by atoms with E-state index in [4.69, 9.17) is 0 Å². The number of carbonyl (C=O) groups is 1. The molecule has 0 fully saturated rings. The molecule has 0 bridgehead atoms. The summed E-state index contributed by atoms with van der Waals surface area (Å²) in [5.41, 5.74) is 0.462. The van der Waals surface area contributed by atoms with Gasteiger partial charge in [-0.2, -0.15) is 5.10 Å². The van der Waals surface area contributed by atoms with Gasteiger partial charge in [-0.25, -0.2) is 13.2 Å². The van der Waals surface area contributed by atoms with Crippen molar-refractivity contribution in [3.63, 3.8) is 0 Å². The molecule has 0 spiro atoms. The van der Waals surface area contributed by atoms with Crippen LogP contribution in [0, 0.1) is 6.92 Å². The molecule has 0 atom stereocenters. The minimum atomic E-state index is -3.11. The third kappa shape index (κ3) is 3.45. The molecular weight excluding hydrogens is 300 g/mol. The van der Waals surface area contributed by atoms with Gasteiger partial charge >= 0.3 is 5.97 Å². The van der Waals surface area contributed by atoms with Crippen molar-refractivity contribution < 1.29 is 18.3 Å². The second-order valence-electron chi connectivity index (χ2n) is 4.50. The normalized spacial score (nSPS) is 11.7. The van der Waals surface area contributed by atoms with Gasteiger partial charge < -0.3 is 5.11 Å². The topological polar surface area (TPSA) is 89.3 Å². The molecule has 2 aromatic heterocycles. The van der Waals surface area contributed by atoms with E-state index in [1.807, 2.05) is 19.1 Å². The molecule has 6 nitrogen and oxygen atoms in total. The van der Waals surface area contributed by atoms with E-state index in [0.717, 1.165) is 16.0 Å². The average molecular weight is 314 g/mol. The van der Waals surface area contributed by atoms with Gasteiger partial charge in [0.05, 0.1) is 17.2 Å². The van der Waals surface area contributed by atoms with Crippen LogP contribution in [0.5, 0.6) is 0 Å². The molecule has 0 aliphatic rings. The van der Waals surface area contributed by atoms with E-state index in [9.17, 15) is 18.3 Å². The lowest BCUT2D eigenvalue weighted by atomic mass is 10.2. The summed E-state index contributed by atoms with van der Waals surface area (Å²) in [6.07, 6.45) is 2.51. The molecule has 0 aliphatic heterocycles. The maximum atomic E-state index is 11.2. The van der Waals surface area contributed by atoms with Crippen LogP contribution in [0.25, 0.3) is 10.6 Å². The first-order valence-electron chi connectivity index (χ1n) is 5.81. The number of thiophene rings is 1. The van der Waals surface area contributed by atoms with Crippen LogP contribution in [-0.4, -0.2) is 41.3 Å². The number of carboxylic acids is 1. The van der Waals surface area contributed by atoms with Crippen molar-refractivity contribution in [2.24, 2.45) is 0 Å². The lowest BCUT2D eigenvalue weighted by Gasteiger charge is -1.98. The summed E-state index contributed by atoms with van der Waals surface area (Å²) >= 11 is 1.45. The van der Waals surface area contributed by atoms with Crippen LogP contribution in [-0.2, 0) is 16.4 Å². The molecule has 0 unspecified atom stereocenters. The molecule has 0 aliphatic carbocycles. The Morgan fingerprint density at radius 1 is 1.45 bits per heavy atom. The summed E-state index contributed by atoms with van der Waals surface area (Å²) in [6, 6.07) is 3.71. The molecule has 108 valence electrons. The monoisotopic (exact) mass is 314 g/mol. The standard InChI is InChI=1S/C12H14N2O4S2/c1-8-3-4-10(19-8)11-9(12(15)16)7-14(13-11)5-6-20(2,17)18/h3-4,7H,5-6H2,1-2H3,(H,15,16). The molecule has 8 heteroatoms. The molecule has 0 saturated heterocycles. The van der Waals surface area contributed by atoms with Crippen molar-refractivity contribution in [1.82, 2.24) is 9.78 Å². The van der Waals surface area contributed by atoms with Gasteiger partial charge in [0.15, 0.2) is 0 Å². The Bertz CT molecular complexity index is 743. The maximum Gasteiger partial charge on any atom is 0.339 e. The van der Waals surface area contributed by atoms with E-state index >= 15 is 0 Å². The summed E-state index contributed by atoms with van der Waals surface area (Å²) < 4.78 is 23.7. The molecule has 0 radical (unpaired) electrons. The number of hydrogen-bond donors (Lipinski definition) is 1. The quantitative estimate of drug-likeness (QED) is 0.906. The van der Waals surface area contributed by atoms with Gasteiger partial charge in [0.2, 0.25) is 0 Å². The smallest absolute Gasteiger partial charge is 0.339 e. The van der Waals surface area contributed by atoms with E-state index < -0.39 is 15.8 Å². The second-order valence-corrected chi connectivity index (χ2v) is 8.05. The second kappa shape index (κ2) is 5.37. The molecule has 0 aromatic carbocycles. The number of aromatic carboxylic acids is 1. The van der Waals surface area contributed by atoms with Gasteiger partial charge in [-0.3, -0.25) is 4.68 Å². The van der Waals surface area contributed by atoms with Gasteiger partial charge in [-0.15, -0.1) is 11.3 Å². The summed E-state index contributed by atoms with van der Waals surface area (Å²) in [6.45, 7) is 2.07. The molecule has 2 heterocycles. The van der Waals surface area contributed by atoms with Crippen LogP contribution >= 0.6 is 11.3 Å². The zero-order valence-corrected chi connectivity index (χ0v) is 12.7. The predicted octanol–water partition coefficient (Wildman–Crippen LogP) is 1.66. The Morgan fingerprint density at radius 3 is 2.65 bits per heavy atom. The van der Waals surface area contributed by atoms with E-state index in [-0.39, 0.29) is 17.9 Å². The summed E-state index contributed by atoms with van der Waals surface area (Å²) in [4.78, 5) is 13.1. The minimum Gasteiger partial charge on any atom is -0.478 e. The highest BCUT2D eigenvalue weighted by molar-refractivity contribution is 7.90. The lowest BCUT2D eigenvalue weighted by molar-refractivity contribution is 0.0697. The lowest BCUT2D eigenvalue weighted by Crippen LogP contribution is -2.11. The number of rotatable bonds is 5. The number of aryl methyl sites for hydroxylation is 2. The van der Waals surface area contributed by atoms with Crippen molar-refractivity contribution >= 4 is 27.1 Å². The van der Waals surface area contributed by atoms with E-state index in [0.29, 0.717) is 5.69 Å². The zero-order valence-electron chi connectivity index (χ0n) is 11.0. The van der Waals surface area contributed by atoms with Gasteiger partial charge in [-0.05, 0) is 19.1 Å². The first-order valence-corrected chi connectivity index (χ1v) is 8.69. The van der Waals surface area contributed by atoms with Crippen LogP contribution in [0.4, 0.5) is 0 Å². The van der Waals surface area contributed by atoms with Gasteiger partial charge in [0.1, 0.15) is 21.1 Å². The fraction of sp³-hybridized carbons (Fsp3) is 0.333. The highest BCUT2D eigenvalue weighted by Crippen LogP contribution is 2.29. The molecular formula is C12H14N2O4S2. The fourth-order valence-electron chi connectivity index (χ4n) is 1.70. The summed E-state index contributed by atoms with van der Waals surface area (Å²) in [5.74, 6) is -1.15. The summed E-state index contributed by atoms with van der Waals surface area (Å²) in [5, 5.41) is 13.4. The molecule has 2 aromatic rings. The highest BCUT2D eigenvalue weighted by Gasteiger charge is 2.18. The Hall–Kier alpha value is -1.67. The number of carboxylic acid groups (broad SMARTS) is 1. The van der Waals surface area contributed by atoms with Crippen molar-refractivity contribution in [3.05, 3.63) is 28.8 Å². The van der Waals surface area contributed by atoms with Crippen molar-refractivity contribution in [1.29, 1.82) is 0 Å². The molecule has 2 rings (SSSR count). The SMILES string of the molecule is Cc1ccc(-c2nn(CCS(C)(=O)=O)cc2C(=O)O)s1. The highest BCUT2D eigenvalue weighted by atomic mass is 32.2. The Labute approximate surface area is 120 Å². The minimum absolute atomic E-state index is 0.0728. The first kappa shape index (κ1) is 14.7. The fourth-order valence-corrected chi connectivity index (χ4v) is 3.08. The van der Waals surface area contributed by atoms with E-state index in [1.54, 1.807) is 0 Å². The Morgan fingerprint density at radius 2 is 2.15 bits per heavy atom. The molecule has 20 heavy (non-hydrogen) atoms. The van der Waals surface area contributed by atoms with Crippen LogP contribution in [0.1, 0.15) is 15.2 Å². The number of sulfone groups is 1. The number of nitrogens with zero attached hydrogens (tertiary/aromatic N) is 2. The average Bonchev–Trinajstić information content (AvgIpc) is 2.91. The largest absolute Gasteiger partial charge is 0.478 e. The predicted molar refractivity (Wildman–Crippen MR) is 76.9 cm³/mol. The molecule has 0 saturated carbocycles. The maximum absolute atomic E-state index is 11.2. The van der Waals surface area contributed by atoms with Crippen LogP contribution in [0.3, 0.4) is 0 Å². The first-order chi connectivity index (χ1) is 9.26. The van der Waals surface area contributed by atoms with Gasteiger partial charge in [0, 0.05) is 17.3 Å². The van der Waals surface area contributed by atoms with Crippen molar-refractivity contribution in [3.8, 4) is 10.6 Å². The van der Waals surface area contributed by atoms with E-state index in [2.05, 4.69) is 5.10 Å². The van der Waals surface area contributed by atoms with Crippen LogP contribution < -0.4 is 0 Å². The van der Waals surface area contributed by atoms with E-state index in [1.165, 1.54) is 22.2 Å². The van der Waals surface area contributed by atoms with Crippen molar-refractivity contribution in [2.45, 2.75) is 13.5 Å². The third-order valence-corrected chi connectivity index (χ3v) is 4.59. The summed E-state index contributed by atoms with van der Waals surface area (Å²) in [7, 11) is -3.11. The number of hydrogen-bond acceptors (Lipinski definition) is 5. The Balaban J connectivity index is 2.36. The van der Waals surface area contributed by atoms with Gasteiger partial charge in [0.25, 0.3) is 0 Å². The molecule has 0 amide bonds. The van der Waals surface area contributed by atoms with Crippen LogP contribution in [0.15, 0.2) is 18.3 Å². The third-order valence-electron chi connectivity index (χ3n) is 2.66. The molecule has 1 N–H and O–H groups in total. The number of aromatic nitrogens is 2. The van der Waals surface area contributed by atoms with Gasteiger partial charge in [-0.1, -0.05) is 0 Å². The zero-order chi connectivity index (χ0) is 14.9. The van der Waals surface area contributed by atoms with Crippen molar-refractivity contribution in [2.75, 3.05) is 12.0 Å².